The maximum absolute atomic E-state index is 5.54. The standard InChI is InChI=1S/C21H18N2OS/c1-13-9-17(11-20(24-3)14(13)2)21-18(12-23-25-21)16-7-6-15-5-4-8-22-19(15)10-16/h4-12H,1-3H3. The Kier molecular flexibility index (Phi) is 3.98. The van der Waals surface area contributed by atoms with Crippen molar-refractivity contribution < 1.29 is 4.74 Å². The monoisotopic (exact) mass is 346 g/mol. The Bertz CT molecular complexity index is 1070. The van der Waals surface area contributed by atoms with Gasteiger partial charge in [0.1, 0.15) is 5.75 Å². The van der Waals surface area contributed by atoms with Crippen molar-refractivity contribution >= 4 is 22.4 Å². The van der Waals surface area contributed by atoms with Crippen LogP contribution >= 0.6 is 11.5 Å². The van der Waals surface area contributed by atoms with Crippen LogP contribution in [0.1, 0.15) is 11.1 Å². The van der Waals surface area contributed by atoms with Crippen LogP contribution in [-0.2, 0) is 0 Å². The topological polar surface area (TPSA) is 35.0 Å². The number of pyridine rings is 1. The summed E-state index contributed by atoms with van der Waals surface area (Å²) >= 11 is 1.51. The van der Waals surface area contributed by atoms with Gasteiger partial charge in [-0.15, -0.1) is 0 Å². The molecule has 0 aliphatic rings. The molecule has 0 bridgehead atoms. The van der Waals surface area contributed by atoms with Crippen molar-refractivity contribution in [2.75, 3.05) is 7.11 Å². The second-order valence-electron chi connectivity index (χ2n) is 6.10. The van der Waals surface area contributed by atoms with E-state index >= 15 is 0 Å². The quantitative estimate of drug-likeness (QED) is 0.481. The van der Waals surface area contributed by atoms with Gasteiger partial charge in [-0.1, -0.05) is 24.3 Å². The third kappa shape index (κ3) is 2.79. The molecule has 2 aromatic carbocycles. The minimum absolute atomic E-state index is 0.912. The van der Waals surface area contributed by atoms with E-state index in [9.17, 15) is 0 Å². The first-order valence-electron chi connectivity index (χ1n) is 8.13. The van der Waals surface area contributed by atoms with Crippen LogP contribution in [0.3, 0.4) is 0 Å². The summed E-state index contributed by atoms with van der Waals surface area (Å²) in [5, 5.41) is 1.14. The zero-order valence-corrected chi connectivity index (χ0v) is 15.2. The largest absolute Gasteiger partial charge is 0.496 e. The first-order chi connectivity index (χ1) is 12.2. The lowest BCUT2D eigenvalue weighted by Gasteiger charge is -2.11. The lowest BCUT2D eigenvalue weighted by atomic mass is 9.99. The Morgan fingerprint density at radius 3 is 2.72 bits per heavy atom. The Morgan fingerprint density at radius 1 is 1.00 bits per heavy atom. The molecule has 4 aromatic rings. The molecule has 2 aromatic heterocycles. The molecule has 0 radical (unpaired) electrons. The van der Waals surface area contributed by atoms with E-state index in [1.165, 1.54) is 22.7 Å². The highest BCUT2D eigenvalue weighted by molar-refractivity contribution is 7.10. The zero-order valence-electron chi connectivity index (χ0n) is 14.4. The number of fused-ring (bicyclic) bond motifs is 1. The molecule has 4 rings (SSSR count). The van der Waals surface area contributed by atoms with Crippen molar-refractivity contribution in [3.63, 3.8) is 0 Å². The third-order valence-corrected chi connectivity index (χ3v) is 5.44. The molecule has 0 saturated heterocycles. The molecule has 0 saturated carbocycles. The van der Waals surface area contributed by atoms with Crippen molar-refractivity contribution in [1.82, 2.24) is 9.36 Å². The maximum Gasteiger partial charge on any atom is 0.122 e. The van der Waals surface area contributed by atoms with Crippen LogP contribution in [0, 0.1) is 13.8 Å². The maximum atomic E-state index is 5.54. The lowest BCUT2D eigenvalue weighted by Crippen LogP contribution is -1.91. The minimum atomic E-state index is 0.912. The molecule has 0 fully saturated rings. The molecule has 3 nitrogen and oxygen atoms in total. The summed E-state index contributed by atoms with van der Waals surface area (Å²) in [7, 11) is 1.72. The Labute approximate surface area is 151 Å². The molecule has 25 heavy (non-hydrogen) atoms. The summed E-state index contributed by atoms with van der Waals surface area (Å²) in [6, 6.07) is 14.7. The minimum Gasteiger partial charge on any atom is -0.496 e. The number of methoxy groups -OCH3 is 1. The van der Waals surface area contributed by atoms with E-state index in [0.29, 0.717) is 0 Å². The molecular weight excluding hydrogens is 328 g/mol. The van der Waals surface area contributed by atoms with Gasteiger partial charge < -0.3 is 4.74 Å². The summed E-state index contributed by atoms with van der Waals surface area (Å²) in [5.74, 6) is 0.912. The van der Waals surface area contributed by atoms with E-state index < -0.39 is 0 Å². The SMILES string of the molecule is COc1cc(-c2sncc2-c2ccc3cccnc3c2)cc(C)c1C. The van der Waals surface area contributed by atoms with Gasteiger partial charge in [0.25, 0.3) is 0 Å². The molecular formula is C21H18N2OS. The molecule has 2 heterocycles. The van der Waals surface area contributed by atoms with Gasteiger partial charge >= 0.3 is 0 Å². The van der Waals surface area contributed by atoms with Crippen molar-refractivity contribution in [1.29, 1.82) is 0 Å². The molecule has 4 heteroatoms. The number of aromatic nitrogens is 2. The van der Waals surface area contributed by atoms with Gasteiger partial charge in [0.15, 0.2) is 0 Å². The fourth-order valence-electron chi connectivity index (χ4n) is 3.06. The van der Waals surface area contributed by atoms with Crippen LogP contribution in [0.4, 0.5) is 0 Å². The molecule has 124 valence electrons. The first kappa shape index (κ1) is 15.8. The molecule has 0 spiro atoms. The lowest BCUT2D eigenvalue weighted by molar-refractivity contribution is 0.411. The summed E-state index contributed by atoms with van der Waals surface area (Å²) < 4.78 is 9.98. The first-order valence-corrected chi connectivity index (χ1v) is 8.90. The highest BCUT2D eigenvalue weighted by atomic mass is 32.1. The number of rotatable bonds is 3. The van der Waals surface area contributed by atoms with Crippen LogP contribution in [0.25, 0.3) is 32.5 Å². The summed E-state index contributed by atoms with van der Waals surface area (Å²) in [4.78, 5) is 5.62. The predicted molar refractivity (Wildman–Crippen MR) is 104 cm³/mol. The van der Waals surface area contributed by atoms with E-state index in [-0.39, 0.29) is 0 Å². The number of nitrogens with zero attached hydrogens (tertiary/aromatic N) is 2. The van der Waals surface area contributed by atoms with Crippen LogP contribution in [-0.4, -0.2) is 16.5 Å². The van der Waals surface area contributed by atoms with Crippen molar-refractivity contribution in [3.05, 3.63) is 66.0 Å². The average Bonchev–Trinajstić information content (AvgIpc) is 3.13. The number of ether oxygens (including phenoxy) is 1. The van der Waals surface area contributed by atoms with Crippen LogP contribution < -0.4 is 4.74 Å². The van der Waals surface area contributed by atoms with E-state index in [4.69, 9.17) is 4.74 Å². The van der Waals surface area contributed by atoms with Crippen LogP contribution in [0.15, 0.2) is 54.9 Å². The zero-order chi connectivity index (χ0) is 17.4. The van der Waals surface area contributed by atoms with Gasteiger partial charge in [-0.25, -0.2) is 0 Å². The number of aryl methyl sites for hydroxylation is 1. The van der Waals surface area contributed by atoms with Gasteiger partial charge in [-0.05, 0) is 65.8 Å². The second kappa shape index (κ2) is 6.30. The molecule has 0 N–H and O–H groups in total. The predicted octanol–water partition coefficient (Wildman–Crippen LogP) is 5.65. The highest BCUT2D eigenvalue weighted by Gasteiger charge is 2.14. The van der Waals surface area contributed by atoms with Gasteiger partial charge in [0, 0.05) is 23.3 Å². The second-order valence-corrected chi connectivity index (χ2v) is 6.90. The number of benzene rings is 2. The number of hydrogen-bond acceptors (Lipinski definition) is 4. The Morgan fingerprint density at radius 2 is 1.88 bits per heavy atom. The Balaban J connectivity index is 1.87. The summed E-state index contributed by atoms with van der Waals surface area (Å²) in [6.45, 7) is 4.20. The smallest absolute Gasteiger partial charge is 0.122 e. The summed E-state index contributed by atoms with van der Waals surface area (Å²) in [6.07, 6.45) is 3.76. The Hall–Kier alpha value is -2.72. The normalized spacial score (nSPS) is 11.0. The molecule has 0 amide bonds. The third-order valence-electron chi connectivity index (χ3n) is 4.59. The van der Waals surface area contributed by atoms with Gasteiger partial charge in [-0.2, -0.15) is 4.37 Å². The molecule has 0 unspecified atom stereocenters. The van der Waals surface area contributed by atoms with Crippen molar-refractivity contribution in [3.8, 4) is 27.3 Å². The van der Waals surface area contributed by atoms with Crippen LogP contribution in [0.5, 0.6) is 5.75 Å². The van der Waals surface area contributed by atoms with Gasteiger partial charge in [0.05, 0.1) is 17.5 Å². The highest BCUT2D eigenvalue weighted by Crippen LogP contribution is 2.38. The van der Waals surface area contributed by atoms with Gasteiger partial charge in [-0.3, -0.25) is 4.98 Å². The molecule has 0 aliphatic heterocycles. The van der Waals surface area contributed by atoms with Crippen molar-refractivity contribution in [2.45, 2.75) is 13.8 Å². The fraction of sp³-hybridized carbons (Fsp3) is 0.143. The average molecular weight is 346 g/mol. The van der Waals surface area contributed by atoms with E-state index in [0.717, 1.165) is 38.2 Å². The molecule has 0 atom stereocenters. The molecule has 0 aliphatic carbocycles. The van der Waals surface area contributed by atoms with Gasteiger partial charge in [0.2, 0.25) is 0 Å². The van der Waals surface area contributed by atoms with E-state index in [2.05, 4.69) is 59.6 Å². The van der Waals surface area contributed by atoms with E-state index in [1.54, 1.807) is 7.11 Å². The fourth-order valence-corrected chi connectivity index (χ4v) is 3.81. The summed E-state index contributed by atoms with van der Waals surface area (Å²) in [5.41, 5.74) is 6.78. The van der Waals surface area contributed by atoms with E-state index in [1.807, 2.05) is 18.5 Å². The van der Waals surface area contributed by atoms with Crippen LogP contribution in [0.2, 0.25) is 0 Å². The van der Waals surface area contributed by atoms with Crippen molar-refractivity contribution in [2.24, 2.45) is 0 Å². The number of hydrogen-bond donors (Lipinski definition) is 0.